The van der Waals surface area contributed by atoms with Crippen LogP contribution in [0.15, 0.2) is 30.3 Å². The number of benzene rings is 1. The number of hydrogen-bond donors (Lipinski definition) is 1. The van der Waals surface area contributed by atoms with Gasteiger partial charge in [0.05, 0.1) is 13.2 Å². The van der Waals surface area contributed by atoms with Crippen molar-refractivity contribution in [3.63, 3.8) is 0 Å². The topological polar surface area (TPSA) is 29.5 Å². The molecule has 0 spiro atoms. The summed E-state index contributed by atoms with van der Waals surface area (Å²) in [6.07, 6.45) is 4.17. The first-order valence-electron chi connectivity index (χ1n) is 4.09. The minimum Gasteiger partial charge on any atom is -0.378 e. The Hall–Kier alpha value is -1.30. The van der Waals surface area contributed by atoms with E-state index in [-0.39, 0.29) is 6.61 Å². The van der Waals surface area contributed by atoms with E-state index in [1.807, 2.05) is 30.3 Å². The molecule has 2 heteroatoms. The van der Waals surface area contributed by atoms with Gasteiger partial charge in [-0.1, -0.05) is 36.3 Å². The monoisotopic (exact) mass is 176 g/mol. The largest absolute Gasteiger partial charge is 0.378 e. The number of aliphatic hydroxyl groups is 1. The van der Waals surface area contributed by atoms with Crippen LogP contribution < -0.4 is 0 Å². The van der Waals surface area contributed by atoms with Crippen LogP contribution in [0.1, 0.15) is 5.56 Å². The Morgan fingerprint density at radius 2 is 2.08 bits per heavy atom. The smallest absolute Gasteiger partial charge is 0.137 e. The third kappa shape index (κ3) is 3.75. The van der Waals surface area contributed by atoms with Gasteiger partial charge in [-0.05, 0) is 5.56 Å². The van der Waals surface area contributed by atoms with Crippen molar-refractivity contribution in [2.24, 2.45) is 0 Å². The molecule has 1 N–H and O–H groups in total. The van der Waals surface area contributed by atoms with Gasteiger partial charge >= 0.3 is 0 Å². The molecule has 0 amide bonds. The van der Waals surface area contributed by atoms with Gasteiger partial charge in [0.25, 0.3) is 0 Å². The lowest BCUT2D eigenvalue weighted by atomic mass is 10.2. The predicted molar refractivity (Wildman–Crippen MR) is 50.9 cm³/mol. The third-order valence-electron chi connectivity index (χ3n) is 1.58. The number of aliphatic hydroxyl groups excluding tert-OH is 1. The molecule has 0 bridgehead atoms. The molecule has 0 saturated heterocycles. The molecule has 0 aromatic heterocycles. The van der Waals surface area contributed by atoms with Gasteiger partial charge in [-0.25, -0.2) is 0 Å². The Morgan fingerprint density at radius 3 is 2.69 bits per heavy atom. The van der Waals surface area contributed by atoms with Crippen molar-refractivity contribution in [3.8, 4) is 12.3 Å². The second kappa shape index (κ2) is 5.36. The summed E-state index contributed by atoms with van der Waals surface area (Å²) in [6.45, 7) is 0.672. The summed E-state index contributed by atoms with van der Waals surface area (Å²) in [5.41, 5.74) is 1.08. The molecule has 0 heterocycles. The Morgan fingerprint density at radius 1 is 1.38 bits per heavy atom. The van der Waals surface area contributed by atoms with Crippen molar-refractivity contribution in [1.82, 2.24) is 0 Å². The zero-order valence-corrected chi connectivity index (χ0v) is 7.31. The van der Waals surface area contributed by atoms with Crippen molar-refractivity contribution in [2.75, 3.05) is 6.61 Å². The maximum atomic E-state index is 8.97. The molecule has 1 aromatic rings. The predicted octanol–water partition coefficient (Wildman–Crippen LogP) is 1.20. The van der Waals surface area contributed by atoms with Crippen molar-refractivity contribution in [1.29, 1.82) is 0 Å². The van der Waals surface area contributed by atoms with E-state index in [4.69, 9.17) is 16.3 Å². The van der Waals surface area contributed by atoms with Gasteiger partial charge < -0.3 is 9.84 Å². The SMILES string of the molecule is C#C[C@@H](O)COCc1ccccc1. The number of terminal acetylenes is 1. The highest BCUT2D eigenvalue weighted by Crippen LogP contribution is 2.00. The summed E-state index contributed by atoms with van der Waals surface area (Å²) in [6, 6.07) is 9.75. The fourth-order valence-electron chi connectivity index (χ4n) is 0.911. The first-order valence-corrected chi connectivity index (χ1v) is 4.09. The second-order valence-corrected chi connectivity index (χ2v) is 2.68. The van der Waals surface area contributed by atoms with Crippen molar-refractivity contribution in [2.45, 2.75) is 12.7 Å². The summed E-state index contributed by atoms with van der Waals surface area (Å²) in [7, 11) is 0. The highest BCUT2D eigenvalue weighted by Gasteiger charge is 1.98. The summed E-state index contributed by atoms with van der Waals surface area (Å²) in [5.74, 6) is 2.18. The number of ether oxygens (including phenoxy) is 1. The van der Waals surface area contributed by atoms with Crippen LogP contribution >= 0.6 is 0 Å². The fraction of sp³-hybridized carbons (Fsp3) is 0.273. The molecule has 2 nitrogen and oxygen atoms in total. The minimum absolute atomic E-state index is 0.186. The molecular weight excluding hydrogens is 164 g/mol. The zero-order valence-electron chi connectivity index (χ0n) is 7.31. The van der Waals surface area contributed by atoms with Crippen LogP contribution in [0.3, 0.4) is 0 Å². The van der Waals surface area contributed by atoms with Gasteiger partial charge in [0.1, 0.15) is 6.10 Å². The average Bonchev–Trinajstić information content (AvgIpc) is 2.19. The molecule has 0 radical (unpaired) electrons. The molecule has 13 heavy (non-hydrogen) atoms. The molecule has 1 aromatic carbocycles. The van der Waals surface area contributed by atoms with Gasteiger partial charge in [-0.2, -0.15) is 0 Å². The van der Waals surface area contributed by atoms with E-state index in [9.17, 15) is 0 Å². The number of rotatable bonds is 4. The lowest BCUT2D eigenvalue weighted by Gasteiger charge is -2.05. The van der Waals surface area contributed by atoms with E-state index in [1.54, 1.807) is 0 Å². The van der Waals surface area contributed by atoms with Crippen molar-refractivity contribution in [3.05, 3.63) is 35.9 Å². The third-order valence-corrected chi connectivity index (χ3v) is 1.58. The number of hydrogen-bond acceptors (Lipinski definition) is 2. The molecule has 68 valence electrons. The molecule has 0 aliphatic carbocycles. The quantitative estimate of drug-likeness (QED) is 0.698. The maximum Gasteiger partial charge on any atom is 0.137 e. The van der Waals surface area contributed by atoms with Crippen LogP contribution in [0, 0.1) is 12.3 Å². The Labute approximate surface area is 78.2 Å². The minimum atomic E-state index is -0.802. The lowest BCUT2D eigenvalue weighted by Crippen LogP contribution is -2.12. The van der Waals surface area contributed by atoms with Crippen LogP contribution in [0.4, 0.5) is 0 Å². The Bertz CT molecular complexity index is 274. The highest BCUT2D eigenvalue weighted by atomic mass is 16.5. The van der Waals surface area contributed by atoms with Crippen molar-refractivity contribution >= 4 is 0 Å². The summed E-state index contributed by atoms with van der Waals surface area (Å²) in [5, 5.41) is 8.97. The van der Waals surface area contributed by atoms with Gasteiger partial charge in [0.2, 0.25) is 0 Å². The average molecular weight is 176 g/mol. The van der Waals surface area contributed by atoms with Crippen LogP contribution in [0.5, 0.6) is 0 Å². The van der Waals surface area contributed by atoms with E-state index < -0.39 is 6.10 Å². The van der Waals surface area contributed by atoms with E-state index >= 15 is 0 Å². The molecule has 0 saturated carbocycles. The normalized spacial score (nSPS) is 12.0. The van der Waals surface area contributed by atoms with E-state index in [1.165, 1.54) is 0 Å². The van der Waals surface area contributed by atoms with Crippen LogP contribution in [-0.2, 0) is 11.3 Å². The van der Waals surface area contributed by atoms with Gasteiger partial charge in [0, 0.05) is 0 Å². The van der Waals surface area contributed by atoms with Crippen molar-refractivity contribution < 1.29 is 9.84 Å². The zero-order chi connectivity index (χ0) is 9.52. The fourth-order valence-corrected chi connectivity index (χ4v) is 0.911. The molecule has 0 fully saturated rings. The highest BCUT2D eigenvalue weighted by molar-refractivity contribution is 5.13. The molecule has 1 rings (SSSR count). The molecule has 1 atom stereocenters. The van der Waals surface area contributed by atoms with E-state index in [0.717, 1.165) is 5.56 Å². The first kappa shape index (κ1) is 9.79. The van der Waals surface area contributed by atoms with Gasteiger partial charge in [-0.15, -0.1) is 6.42 Å². The molecule has 0 aliphatic heterocycles. The maximum absolute atomic E-state index is 8.97. The molecular formula is C11H12O2. The van der Waals surface area contributed by atoms with Gasteiger partial charge in [0.15, 0.2) is 0 Å². The Balaban J connectivity index is 2.25. The first-order chi connectivity index (χ1) is 6.33. The van der Waals surface area contributed by atoms with Gasteiger partial charge in [-0.3, -0.25) is 0 Å². The summed E-state index contributed by atoms with van der Waals surface area (Å²) in [4.78, 5) is 0. The second-order valence-electron chi connectivity index (χ2n) is 2.68. The van der Waals surface area contributed by atoms with E-state index in [2.05, 4.69) is 5.92 Å². The van der Waals surface area contributed by atoms with Crippen LogP contribution in [0.25, 0.3) is 0 Å². The van der Waals surface area contributed by atoms with Crippen LogP contribution in [-0.4, -0.2) is 17.8 Å². The lowest BCUT2D eigenvalue weighted by molar-refractivity contribution is 0.0544. The van der Waals surface area contributed by atoms with Crippen LogP contribution in [0.2, 0.25) is 0 Å². The summed E-state index contributed by atoms with van der Waals surface area (Å²) >= 11 is 0. The van der Waals surface area contributed by atoms with E-state index in [0.29, 0.717) is 6.61 Å². The Kier molecular flexibility index (Phi) is 4.04. The molecule has 0 unspecified atom stereocenters. The molecule has 0 aliphatic rings. The summed E-state index contributed by atoms with van der Waals surface area (Å²) < 4.78 is 5.18. The standard InChI is InChI=1S/C11H12O2/c1-2-11(12)9-13-8-10-6-4-3-5-7-10/h1,3-7,11-12H,8-9H2/t11-/m1/s1.